The molecule has 14 heavy (non-hydrogen) atoms. The minimum absolute atomic E-state index is 0.697. The van der Waals surface area contributed by atoms with Crippen molar-refractivity contribution in [3.05, 3.63) is 0 Å². The zero-order valence-corrected chi connectivity index (χ0v) is 9.81. The fourth-order valence-corrected chi connectivity index (χ4v) is 2.82. The number of hydrogen-bond donors (Lipinski definition) is 1. The van der Waals surface area contributed by atoms with Gasteiger partial charge in [-0.15, -0.1) is 0 Å². The van der Waals surface area contributed by atoms with Gasteiger partial charge >= 0.3 is 0 Å². The Morgan fingerprint density at radius 2 is 2.00 bits per heavy atom. The van der Waals surface area contributed by atoms with E-state index < -0.39 is 0 Å². The lowest BCUT2D eigenvalue weighted by Crippen LogP contribution is -2.43. The van der Waals surface area contributed by atoms with E-state index in [0.717, 1.165) is 12.0 Å². The highest BCUT2D eigenvalue weighted by Gasteiger charge is 2.37. The lowest BCUT2D eigenvalue weighted by molar-refractivity contribution is 0.117. The SMILES string of the molecule is CCC(NCC1(CC)CCC1)C1CC1. The molecule has 0 radical (unpaired) electrons. The largest absolute Gasteiger partial charge is 0.313 e. The predicted molar refractivity (Wildman–Crippen MR) is 61.4 cm³/mol. The van der Waals surface area contributed by atoms with Crippen molar-refractivity contribution in [2.75, 3.05) is 6.54 Å². The third-order valence-electron chi connectivity index (χ3n) is 4.53. The molecule has 0 bridgehead atoms. The molecule has 1 unspecified atom stereocenters. The van der Waals surface area contributed by atoms with Crippen LogP contribution in [-0.2, 0) is 0 Å². The molecule has 1 atom stereocenters. The van der Waals surface area contributed by atoms with E-state index >= 15 is 0 Å². The first kappa shape index (κ1) is 10.5. The van der Waals surface area contributed by atoms with E-state index in [4.69, 9.17) is 0 Å². The van der Waals surface area contributed by atoms with Crippen LogP contribution in [0.4, 0.5) is 0 Å². The predicted octanol–water partition coefficient (Wildman–Crippen LogP) is 3.34. The van der Waals surface area contributed by atoms with Gasteiger partial charge in [0, 0.05) is 12.6 Å². The van der Waals surface area contributed by atoms with E-state index in [1.165, 1.54) is 51.5 Å². The molecule has 2 aliphatic rings. The highest BCUT2D eigenvalue weighted by atomic mass is 14.9. The average Bonchev–Trinajstić information content (AvgIpc) is 2.94. The molecule has 0 saturated heterocycles. The van der Waals surface area contributed by atoms with Crippen molar-refractivity contribution >= 4 is 0 Å². The van der Waals surface area contributed by atoms with Gasteiger partial charge in [-0.1, -0.05) is 20.3 Å². The quantitative estimate of drug-likeness (QED) is 0.685. The van der Waals surface area contributed by atoms with Crippen molar-refractivity contribution in [1.29, 1.82) is 0 Å². The summed E-state index contributed by atoms with van der Waals surface area (Å²) in [6.45, 7) is 5.98. The minimum Gasteiger partial charge on any atom is -0.313 e. The van der Waals surface area contributed by atoms with Crippen molar-refractivity contribution in [3.8, 4) is 0 Å². The first-order valence-electron chi connectivity index (χ1n) is 6.53. The van der Waals surface area contributed by atoms with Crippen LogP contribution in [0.1, 0.15) is 58.8 Å². The maximum atomic E-state index is 3.83. The molecule has 0 heterocycles. The van der Waals surface area contributed by atoms with Gasteiger partial charge in [-0.25, -0.2) is 0 Å². The normalized spacial score (nSPS) is 27.0. The van der Waals surface area contributed by atoms with Gasteiger partial charge in [0.2, 0.25) is 0 Å². The number of hydrogen-bond acceptors (Lipinski definition) is 1. The fourth-order valence-electron chi connectivity index (χ4n) is 2.82. The van der Waals surface area contributed by atoms with Gasteiger partial charge in [-0.2, -0.15) is 0 Å². The summed E-state index contributed by atoms with van der Waals surface area (Å²) >= 11 is 0. The number of rotatable bonds is 6. The third-order valence-corrected chi connectivity index (χ3v) is 4.53. The first-order chi connectivity index (χ1) is 6.79. The molecule has 0 aromatic rings. The molecule has 0 amide bonds. The molecule has 2 fully saturated rings. The van der Waals surface area contributed by atoms with Crippen molar-refractivity contribution in [2.45, 2.75) is 64.8 Å². The summed E-state index contributed by atoms with van der Waals surface area (Å²) in [5.41, 5.74) is 0.697. The minimum atomic E-state index is 0.697. The topological polar surface area (TPSA) is 12.0 Å². The Bertz CT molecular complexity index is 174. The standard InChI is InChI=1S/C13H25N/c1-3-12(11-6-7-11)14-10-13(4-2)8-5-9-13/h11-12,14H,3-10H2,1-2H3. The van der Waals surface area contributed by atoms with E-state index in [1.807, 2.05) is 0 Å². The maximum absolute atomic E-state index is 3.83. The van der Waals surface area contributed by atoms with Crippen molar-refractivity contribution in [1.82, 2.24) is 5.32 Å². The molecule has 1 heteroatoms. The number of nitrogens with one attached hydrogen (secondary N) is 1. The van der Waals surface area contributed by atoms with Gasteiger partial charge in [0.15, 0.2) is 0 Å². The molecule has 0 aromatic heterocycles. The average molecular weight is 195 g/mol. The van der Waals surface area contributed by atoms with Crippen LogP contribution < -0.4 is 5.32 Å². The third kappa shape index (κ3) is 2.13. The summed E-state index contributed by atoms with van der Waals surface area (Å²) < 4.78 is 0. The molecule has 1 N–H and O–H groups in total. The Morgan fingerprint density at radius 3 is 2.36 bits per heavy atom. The summed E-state index contributed by atoms with van der Waals surface area (Å²) in [5, 5.41) is 3.83. The van der Waals surface area contributed by atoms with E-state index in [0.29, 0.717) is 5.41 Å². The highest BCUT2D eigenvalue weighted by Crippen LogP contribution is 2.43. The first-order valence-corrected chi connectivity index (χ1v) is 6.53. The second kappa shape index (κ2) is 4.22. The lowest BCUT2D eigenvalue weighted by Gasteiger charge is -2.42. The van der Waals surface area contributed by atoms with Crippen LogP contribution in [0.5, 0.6) is 0 Å². The van der Waals surface area contributed by atoms with E-state index in [-0.39, 0.29) is 0 Å². The monoisotopic (exact) mass is 195 g/mol. The summed E-state index contributed by atoms with van der Waals surface area (Å²) in [6.07, 6.45) is 10.1. The molecule has 2 saturated carbocycles. The summed E-state index contributed by atoms with van der Waals surface area (Å²) in [7, 11) is 0. The van der Waals surface area contributed by atoms with Gasteiger partial charge in [-0.05, 0) is 49.9 Å². The summed E-state index contributed by atoms with van der Waals surface area (Å²) in [5.74, 6) is 1.02. The highest BCUT2D eigenvalue weighted by molar-refractivity contribution is 4.92. The van der Waals surface area contributed by atoms with Crippen LogP contribution in [0.3, 0.4) is 0 Å². The van der Waals surface area contributed by atoms with Crippen molar-refractivity contribution in [2.24, 2.45) is 11.3 Å². The molecular weight excluding hydrogens is 170 g/mol. The molecule has 2 rings (SSSR count). The Morgan fingerprint density at radius 1 is 1.29 bits per heavy atom. The Kier molecular flexibility index (Phi) is 3.16. The molecule has 0 aliphatic heterocycles. The van der Waals surface area contributed by atoms with Crippen molar-refractivity contribution in [3.63, 3.8) is 0 Å². The van der Waals surface area contributed by atoms with Gasteiger partial charge in [0.05, 0.1) is 0 Å². The zero-order valence-electron chi connectivity index (χ0n) is 9.81. The van der Waals surface area contributed by atoms with E-state index in [9.17, 15) is 0 Å². The van der Waals surface area contributed by atoms with Gasteiger partial charge in [0.1, 0.15) is 0 Å². The molecule has 1 nitrogen and oxygen atoms in total. The molecular formula is C13H25N. The van der Waals surface area contributed by atoms with Crippen molar-refractivity contribution < 1.29 is 0 Å². The van der Waals surface area contributed by atoms with Crippen LogP contribution in [0.2, 0.25) is 0 Å². The smallest absolute Gasteiger partial charge is 0.00929 e. The second-order valence-corrected chi connectivity index (χ2v) is 5.44. The summed E-state index contributed by atoms with van der Waals surface area (Å²) in [4.78, 5) is 0. The lowest BCUT2D eigenvalue weighted by atomic mass is 9.67. The summed E-state index contributed by atoms with van der Waals surface area (Å²) in [6, 6.07) is 0.832. The molecule has 0 aromatic carbocycles. The maximum Gasteiger partial charge on any atom is 0.00929 e. The Balaban J connectivity index is 1.73. The van der Waals surface area contributed by atoms with Crippen LogP contribution >= 0.6 is 0 Å². The van der Waals surface area contributed by atoms with Crippen LogP contribution in [0, 0.1) is 11.3 Å². The van der Waals surface area contributed by atoms with Crippen LogP contribution in [0.15, 0.2) is 0 Å². The van der Waals surface area contributed by atoms with Gasteiger partial charge < -0.3 is 5.32 Å². The Labute approximate surface area is 88.7 Å². The molecule has 0 spiro atoms. The van der Waals surface area contributed by atoms with Gasteiger partial charge in [0.25, 0.3) is 0 Å². The van der Waals surface area contributed by atoms with E-state index in [2.05, 4.69) is 19.2 Å². The van der Waals surface area contributed by atoms with Crippen LogP contribution in [-0.4, -0.2) is 12.6 Å². The van der Waals surface area contributed by atoms with Crippen LogP contribution in [0.25, 0.3) is 0 Å². The zero-order chi connectivity index (χ0) is 10.0. The molecule has 82 valence electrons. The van der Waals surface area contributed by atoms with E-state index in [1.54, 1.807) is 0 Å². The Hall–Kier alpha value is -0.0400. The van der Waals surface area contributed by atoms with Gasteiger partial charge in [-0.3, -0.25) is 0 Å². The molecule has 2 aliphatic carbocycles. The second-order valence-electron chi connectivity index (χ2n) is 5.44. The fraction of sp³-hybridized carbons (Fsp3) is 1.00.